The predicted octanol–water partition coefficient (Wildman–Crippen LogP) is 4.05. The van der Waals surface area contributed by atoms with Crippen molar-refractivity contribution in [1.29, 1.82) is 0 Å². The van der Waals surface area contributed by atoms with Gasteiger partial charge in [-0.25, -0.2) is 13.9 Å². The van der Waals surface area contributed by atoms with Crippen LogP contribution in [-0.2, 0) is 12.1 Å². The van der Waals surface area contributed by atoms with Crippen molar-refractivity contribution < 1.29 is 18.8 Å². The van der Waals surface area contributed by atoms with Crippen LogP contribution in [0.15, 0.2) is 42.5 Å². The van der Waals surface area contributed by atoms with Crippen LogP contribution in [0.1, 0.15) is 43.7 Å². The second-order valence-electron chi connectivity index (χ2n) is 7.65. The van der Waals surface area contributed by atoms with Gasteiger partial charge in [0.25, 0.3) is 11.6 Å². The highest BCUT2D eigenvalue weighted by Gasteiger charge is 2.53. The zero-order valence-corrected chi connectivity index (χ0v) is 16.6. The number of amidine groups is 1. The molecule has 0 bridgehead atoms. The van der Waals surface area contributed by atoms with E-state index in [-0.39, 0.29) is 0 Å². The van der Waals surface area contributed by atoms with Gasteiger partial charge in [-0.05, 0) is 55.5 Å². The molecule has 2 aliphatic rings. The molecule has 0 spiro atoms. The summed E-state index contributed by atoms with van der Waals surface area (Å²) in [6.07, 6.45) is 5.06. The Morgan fingerprint density at radius 2 is 1.93 bits per heavy atom. The molecule has 0 fully saturated rings. The number of aryl methyl sites for hydroxylation is 1. The molecule has 1 atom stereocenters. The van der Waals surface area contributed by atoms with Crippen LogP contribution in [0.2, 0.25) is 0 Å². The van der Waals surface area contributed by atoms with Crippen LogP contribution in [0.25, 0.3) is 0 Å². The lowest BCUT2D eigenvalue weighted by atomic mass is 10.0. The zero-order chi connectivity index (χ0) is 19.7. The van der Waals surface area contributed by atoms with Crippen LogP contribution in [0.4, 0.5) is 10.1 Å². The molecular formula is C23H28FN2O2+. The molecule has 2 aromatic rings. The maximum Gasteiger partial charge on any atom is 0.273 e. The van der Waals surface area contributed by atoms with Crippen molar-refractivity contribution in [3.8, 4) is 5.75 Å². The Morgan fingerprint density at radius 1 is 1.14 bits per heavy atom. The van der Waals surface area contributed by atoms with Crippen LogP contribution in [0, 0.1) is 5.82 Å². The Labute approximate surface area is 165 Å². The second-order valence-corrected chi connectivity index (χ2v) is 7.65. The third kappa shape index (κ3) is 3.18. The van der Waals surface area contributed by atoms with E-state index in [9.17, 15) is 9.50 Å². The number of aliphatic hydroxyl groups is 1. The first-order valence-electron chi connectivity index (χ1n) is 10.1. The summed E-state index contributed by atoms with van der Waals surface area (Å²) in [5, 5.41) is 11.7. The average Bonchev–Trinajstić information content (AvgIpc) is 2.87. The van der Waals surface area contributed by atoms with Gasteiger partial charge in [0.05, 0.1) is 19.2 Å². The Bertz CT molecular complexity index is 894. The first-order valence-corrected chi connectivity index (χ1v) is 10.1. The Kier molecular flexibility index (Phi) is 5.11. The fourth-order valence-corrected chi connectivity index (χ4v) is 4.40. The number of nitrogens with zero attached hydrogens (tertiary/aromatic N) is 2. The van der Waals surface area contributed by atoms with Gasteiger partial charge in [0.2, 0.25) is 0 Å². The summed E-state index contributed by atoms with van der Waals surface area (Å²) in [4.78, 5) is 2.16. The summed E-state index contributed by atoms with van der Waals surface area (Å²) in [5.74, 6) is 1.10. The highest BCUT2D eigenvalue weighted by Crippen LogP contribution is 2.37. The maximum atomic E-state index is 14.9. The normalized spacial score (nSPS) is 22.2. The molecule has 1 N–H and O–H groups in total. The standard InChI is InChI=1S/C23H28FN2O2/c1-3-17-8-10-18(11-9-17)25-16-23(27,26-14-6-4-5-7-22(25)26)20-13-12-19(28-2)15-21(20)24/h8-13,15,27H,3-7,14,16H2,1-2H3/q+1. The summed E-state index contributed by atoms with van der Waals surface area (Å²) in [5.41, 5.74) is 1.24. The molecule has 2 aromatic carbocycles. The number of halogens is 1. The van der Waals surface area contributed by atoms with Crippen molar-refractivity contribution in [2.75, 3.05) is 25.1 Å². The van der Waals surface area contributed by atoms with Crippen LogP contribution < -0.4 is 9.64 Å². The monoisotopic (exact) mass is 383 g/mol. The van der Waals surface area contributed by atoms with Gasteiger partial charge in [-0.3, -0.25) is 0 Å². The van der Waals surface area contributed by atoms with Crippen LogP contribution in [0.3, 0.4) is 0 Å². The van der Waals surface area contributed by atoms with E-state index in [0.29, 0.717) is 17.9 Å². The van der Waals surface area contributed by atoms with Crippen molar-refractivity contribution in [2.24, 2.45) is 0 Å². The van der Waals surface area contributed by atoms with Crippen LogP contribution >= 0.6 is 0 Å². The molecule has 2 heterocycles. The maximum absolute atomic E-state index is 14.9. The molecule has 0 saturated heterocycles. The fourth-order valence-electron chi connectivity index (χ4n) is 4.40. The van der Waals surface area contributed by atoms with Gasteiger partial charge in [-0.1, -0.05) is 19.1 Å². The molecular weight excluding hydrogens is 355 g/mol. The number of benzene rings is 2. The summed E-state index contributed by atoms with van der Waals surface area (Å²) in [7, 11) is 1.51. The molecule has 0 saturated carbocycles. The van der Waals surface area contributed by atoms with Crippen molar-refractivity contribution in [1.82, 2.24) is 0 Å². The minimum Gasteiger partial charge on any atom is -0.497 e. The van der Waals surface area contributed by atoms with E-state index < -0.39 is 11.5 Å². The minimum atomic E-state index is -1.39. The predicted molar refractivity (Wildman–Crippen MR) is 109 cm³/mol. The molecule has 1 unspecified atom stereocenters. The van der Waals surface area contributed by atoms with Crippen molar-refractivity contribution in [3.05, 3.63) is 59.4 Å². The van der Waals surface area contributed by atoms with Gasteiger partial charge in [0.1, 0.15) is 17.3 Å². The quantitative estimate of drug-likeness (QED) is 0.809. The Balaban J connectivity index is 1.79. The third-order valence-electron chi connectivity index (χ3n) is 5.99. The fraction of sp³-hybridized carbons (Fsp3) is 0.435. The zero-order valence-electron chi connectivity index (χ0n) is 16.6. The van der Waals surface area contributed by atoms with Crippen LogP contribution in [0.5, 0.6) is 5.75 Å². The lowest BCUT2D eigenvalue weighted by molar-refractivity contribution is -0.658. The summed E-state index contributed by atoms with van der Waals surface area (Å²) < 4.78 is 22.1. The molecule has 4 nitrogen and oxygen atoms in total. The first-order chi connectivity index (χ1) is 13.6. The van der Waals surface area contributed by atoms with E-state index in [1.165, 1.54) is 18.7 Å². The molecule has 148 valence electrons. The SMILES string of the molecule is CCc1ccc(N2CC(O)(c3ccc(OC)cc3F)[N+]3=C2CCCCC3)cc1. The second kappa shape index (κ2) is 7.55. The Hall–Kier alpha value is -2.40. The number of rotatable bonds is 4. The number of β-amino-alcohol motifs (C(OH)–C–C–N with tert-alkyl or cyclic N) is 1. The number of anilines is 1. The summed E-state index contributed by atoms with van der Waals surface area (Å²) >= 11 is 0. The number of methoxy groups -OCH3 is 1. The van der Waals surface area contributed by atoms with E-state index in [1.807, 2.05) is 4.58 Å². The van der Waals surface area contributed by atoms with E-state index in [1.54, 1.807) is 12.1 Å². The van der Waals surface area contributed by atoms with Crippen molar-refractivity contribution in [2.45, 2.75) is 44.8 Å². The molecule has 0 aromatic heterocycles. The largest absolute Gasteiger partial charge is 0.497 e. The summed E-state index contributed by atoms with van der Waals surface area (Å²) in [6, 6.07) is 13.2. The molecule has 5 heteroatoms. The van der Waals surface area contributed by atoms with Gasteiger partial charge in [0, 0.05) is 12.5 Å². The molecule has 0 amide bonds. The van der Waals surface area contributed by atoms with Gasteiger partial charge in [-0.15, -0.1) is 0 Å². The summed E-state index contributed by atoms with van der Waals surface area (Å²) in [6.45, 7) is 3.18. The van der Waals surface area contributed by atoms with E-state index in [2.05, 4.69) is 36.1 Å². The van der Waals surface area contributed by atoms with Gasteiger partial charge >= 0.3 is 0 Å². The molecule has 0 aliphatic carbocycles. The minimum absolute atomic E-state index is 0.306. The van der Waals surface area contributed by atoms with Crippen LogP contribution in [-0.4, -0.2) is 35.7 Å². The van der Waals surface area contributed by atoms with Gasteiger partial charge < -0.3 is 9.84 Å². The Morgan fingerprint density at radius 3 is 2.61 bits per heavy atom. The highest BCUT2D eigenvalue weighted by molar-refractivity contribution is 5.95. The van der Waals surface area contributed by atoms with E-state index >= 15 is 0 Å². The molecule has 2 aliphatic heterocycles. The number of ether oxygens (including phenoxy) is 1. The van der Waals surface area contributed by atoms with E-state index in [0.717, 1.165) is 50.2 Å². The van der Waals surface area contributed by atoms with E-state index in [4.69, 9.17) is 4.74 Å². The smallest absolute Gasteiger partial charge is 0.273 e. The number of hydrogen-bond acceptors (Lipinski definition) is 3. The van der Waals surface area contributed by atoms with Gasteiger partial charge in [-0.2, -0.15) is 0 Å². The van der Waals surface area contributed by atoms with Crippen molar-refractivity contribution >= 4 is 11.5 Å². The lowest BCUT2D eigenvalue weighted by Crippen LogP contribution is -2.41. The first kappa shape index (κ1) is 18.9. The van der Waals surface area contributed by atoms with Gasteiger partial charge in [0.15, 0.2) is 6.54 Å². The third-order valence-corrected chi connectivity index (χ3v) is 5.99. The highest BCUT2D eigenvalue weighted by atomic mass is 19.1. The molecule has 4 rings (SSSR count). The molecule has 28 heavy (non-hydrogen) atoms. The topological polar surface area (TPSA) is 35.7 Å². The van der Waals surface area contributed by atoms with Crippen molar-refractivity contribution in [3.63, 3.8) is 0 Å². The lowest BCUT2D eigenvalue weighted by Gasteiger charge is -2.24. The molecule has 0 radical (unpaired) electrons. The average molecular weight is 383 g/mol. The number of hydrogen-bond donors (Lipinski definition) is 1.